The zero-order valence-electron chi connectivity index (χ0n) is 9.94. The van der Waals surface area contributed by atoms with E-state index in [2.05, 4.69) is 15.0 Å². The molecule has 0 saturated carbocycles. The zero-order chi connectivity index (χ0) is 12.1. The van der Waals surface area contributed by atoms with Crippen LogP contribution >= 0.6 is 12.4 Å². The number of ether oxygens (including phenoxy) is 1. The van der Waals surface area contributed by atoms with Crippen molar-refractivity contribution < 1.29 is 13.5 Å². The second-order valence-corrected chi connectivity index (χ2v) is 4.01. The maximum atomic E-state index is 12.2. The highest BCUT2D eigenvalue weighted by Crippen LogP contribution is 2.21. The van der Waals surface area contributed by atoms with Crippen molar-refractivity contribution in [2.75, 3.05) is 26.2 Å². The summed E-state index contributed by atoms with van der Waals surface area (Å²) in [6.07, 6.45) is 0. The minimum absolute atomic E-state index is 0. The van der Waals surface area contributed by atoms with Crippen LogP contribution in [0.25, 0.3) is 0 Å². The van der Waals surface area contributed by atoms with Crippen LogP contribution in [0.3, 0.4) is 0 Å². The van der Waals surface area contributed by atoms with E-state index in [4.69, 9.17) is 0 Å². The van der Waals surface area contributed by atoms with Gasteiger partial charge in [-0.15, -0.1) is 12.4 Å². The number of nitrogens with zero attached hydrogens (tertiary/aromatic N) is 1. The van der Waals surface area contributed by atoms with Crippen molar-refractivity contribution in [1.29, 1.82) is 0 Å². The van der Waals surface area contributed by atoms with E-state index in [9.17, 15) is 8.78 Å². The van der Waals surface area contributed by atoms with E-state index in [1.54, 1.807) is 12.1 Å². The monoisotopic (exact) mass is 278 g/mol. The SMILES string of the molecule is Cl.FC(F)Oc1ccccc1CN1CCNCC1. The molecule has 102 valence electrons. The van der Waals surface area contributed by atoms with Gasteiger partial charge in [-0.1, -0.05) is 18.2 Å². The number of hydrogen-bond acceptors (Lipinski definition) is 3. The first-order valence-electron chi connectivity index (χ1n) is 5.71. The highest BCUT2D eigenvalue weighted by molar-refractivity contribution is 5.85. The van der Waals surface area contributed by atoms with Crippen LogP contribution in [-0.4, -0.2) is 37.7 Å². The van der Waals surface area contributed by atoms with Crippen molar-refractivity contribution in [2.45, 2.75) is 13.2 Å². The highest BCUT2D eigenvalue weighted by atomic mass is 35.5. The lowest BCUT2D eigenvalue weighted by molar-refractivity contribution is -0.0508. The number of nitrogens with one attached hydrogen (secondary N) is 1. The topological polar surface area (TPSA) is 24.5 Å². The summed E-state index contributed by atoms with van der Waals surface area (Å²) < 4.78 is 29.0. The summed E-state index contributed by atoms with van der Waals surface area (Å²) in [4.78, 5) is 2.23. The summed E-state index contributed by atoms with van der Waals surface area (Å²) in [6, 6.07) is 6.97. The molecule has 0 amide bonds. The molecule has 1 heterocycles. The highest BCUT2D eigenvalue weighted by Gasteiger charge is 2.14. The van der Waals surface area contributed by atoms with Gasteiger partial charge < -0.3 is 10.1 Å². The Bertz CT molecular complexity index is 360. The Balaban J connectivity index is 0.00000162. The van der Waals surface area contributed by atoms with Gasteiger partial charge in [-0.05, 0) is 6.07 Å². The normalized spacial score (nSPS) is 16.4. The standard InChI is InChI=1S/C12H16F2N2O.ClH/c13-12(14)17-11-4-2-1-3-10(11)9-16-7-5-15-6-8-16;/h1-4,12,15H,5-9H2;1H. The molecule has 0 aromatic heterocycles. The summed E-state index contributed by atoms with van der Waals surface area (Å²) in [6.45, 7) is 1.64. The van der Waals surface area contributed by atoms with E-state index < -0.39 is 6.61 Å². The molecule has 1 aromatic rings. The summed E-state index contributed by atoms with van der Waals surface area (Å²) in [5, 5.41) is 3.25. The molecule has 0 bridgehead atoms. The van der Waals surface area contributed by atoms with E-state index in [-0.39, 0.29) is 18.2 Å². The van der Waals surface area contributed by atoms with Crippen molar-refractivity contribution in [3.63, 3.8) is 0 Å². The van der Waals surface area contributed by atoms with Gasteiger partial charge in [0.2, 0.25) is 0 Å². The van der Waals surface area contributed by atoms with Crippen LogP contribution in [0.4, 0.5) is 8.78 Å². The average Bonchev–Trinajstić information content (AvgIpc) is 2.32. The summed E-state index contributed by atoms with van der Waals surface area (Å²) in [5.74, 6) is 0.279. The first kappa shape index (κ1) is 15.1. The van der Waals surface area contributed by atoms with Crippen LogP contribution in [-0.2, 0) is 6.54 Å². The molecule has 18 heavy (non-hydrogen) atoms. The van der Waals surface area contributed by atoms with E-state index in [1.165, 1.54) is 0 Å². The molecule has 1 N–H and O–H groups in total. The third-order valence-corrected chi connectivity index (χ3v) is 2.79. The summed E-state index contributed by atoms with van der Waals surface area (Å²) in [7, 11) is 0. The second kappa shape index (κ2) is 7.51. The average molecular weight is 279 g/mol. The molecule has 0 atom stereocenters. The van der Waals surface area contributed by atoms with Crippen molar-refractivity contribution in [1.82, 2.24) is 10.2 Å². The van der Waals surface area contributed by atoms with Crippen LogP contribution in [0, 0.1) is 0 Å². The van der Waals surface area contributed by atoms with E-state index >= 15 is 0 Å². The smallest absolute Gasteiger partial charge is 0.387 e. The fourth-order valence-corrected chi connectivity index (χ4v) is 1.96. The third-order valence-electron chi connectivity index (χ3n) is 2.79. The molecule has 1 saturated heterocycles. The molecule has 1 aromatic carbocycles. The van der Waals surface area contributed by atoms with Gasteiger partial charge in [0, 0.05) is 38.3 Å². The number of alkyl halides is 2. The molecule has 0 spiro atoms. The van der Waals surface area contributed by atoms with E-state index in [0.29, 0.717) is 6.54 Å². The number of benzene rings is 1. The molecular formula is C12H17ClF2N2O. The number of halogens is 3. The number of rotatable bonds is 4. The predicted molar refractivity (Wildman–Crippen MR) is 68.5 cm³/mol. The minimum atomic E-state index is -2.76. The maximum Gasteiger partial charge on any atom is 0.387 e. The molecular weight excluding hydrogens is 262 g/mol. The van der Waals surface area contributed by atoms with Crippen molar-refractivity contribution in [2.24, 2.45) is 0 Å². The summed E-state index contributed by atoms with van der Waals surface area (Å²) >= 11 is 0. The Hall–Kier alpha value is -0.910. The second-order valence-electron chi connectivity index (χ2n) is 4.01. The lowest BCUT2D eigenvalue weighted by Crippen LogP contribution is -2.42. The van der Waals surface area contributed by atoms with Gasteiger partial charge in [-0.2, -0.15) is 8.78 Å². The Morgan fingerprint density at radius 2 is 1.89 bits per heavy atom. The van der Waals surface area contributed by atoms with Gasteiger partial charge in [-0.25, -0.2) is 0 Å². The van der Waals surface area contributed by atoms with Crippen molar-refractivity contribution >= 4 is 12.4 Å². The van der Waals surface area contributed by atoms with Gasteiger partial charge in [0.25, 0.3) is 0 Å². The van der Waals surface area contributed by atoms with E-state index in [1.807, 2.05) is 12.1 Å². The molecule has 1 aliphatic rings. The fraction of sp³-hybridized carbons (Fsp3) is 0.500. The molecule has 0 aliphatic carbocycles. The number of para-hydroxylation sites is 1. The van der Waals surface area contributed by atoms with Crippen LogP contribution in [0.15, 0.2) is 24.3 Å². The first-order valence-corrected chi connectivity index (χ1v) is 5.71. The van der Waals surface area contributed by atoms with Crippen LogP contribution in [0.5, 0.6) is 5.75 Å². The molecule has 1 aliphatic heterocycles. The Morgan fingerprint density at radius 1 is 1.22 bits per heavy atom. The molecule has 2 rings (SSSR count). The number of piperazine rings is 1. The summed E-state index contributed by atoms with van der Waals surface area (Å²) in [5.41, 5.74) is 0.815. The molecule has 6 heteroatoms. The first-order chi connectivity index (χ1) is 8.25. The molecule has 1 fully saturated rings. The lowest BCUT2D eigenvalue weighted by atomic mass is 10.2. The zero-order valence-corrected chi connectivity index (χ0v) is 10.8. The van der Waals surface area contributed by atoms with Crippen molar-refractivity contribution in [3.05, 3.63) is 29.8 Å². The lowest BCUT2D eigenvalue weighted by Gasteiger charge is -2.27. The Labute approximate surface area is 112 Å². The van der Waals surface area contributed by atoms with Crippen LogP contribution in [0.2, 0.25) is 0 Å². The Morgan fingerprint density at radius 3 is 2.56 bits per heavy atom. The number of hydrogen-bond donors (Lipinski definition) is 1. The largest absolute Gasteiger partial charge is 0.434 e. The minimum Gasteiger partial charge on any atom is -0.434 e. The van der Waals surface area contributed by atoms with Crippen LogP contribution < -0.4 is 10.1 Å². The van der Waals surface area contributed by atoms with Crippen LogP contribution in [0.1, 0.15) is 5.56 Å². The quantitative estimate of drug-likeness (QED) is 0.913. The third kappa shape index (κ3) is 4.40. The van der Waals surface area contributed by atoms with Gasteiger partial charge in [-0.3, -0.25) is 4.90 Å². The molecule has 0 radical (unpaired) electrons. The Kier molecular flexibility index (Phi) is 6.32. The predicted octanol–water partition coefficient (Wildman–Crippen LogP) is 2.11. The van der Waals surface area contributed by atoms with Gasteiger partial charge in [0.05, 0.1) is 0 Å². The van der Waals surface area contributed by atoms with E-state index in [0.717, 1.165) is 31.7 Å². The molecule has 0 unspecified atom stereocenters. The van der Waals surface area contributed by atoms with Gasteiger partial charge >= 0.3 is 6.61 Å². The maximum absolute atomic E-state index is 12.2. The van der Waals surface area contributed by atoms with Crippen molar-refractivity contribution in [3.8, 4) is 5.75 Å². The molecule has 3 nitrogen and oxygen atoms in total. The van der Waals surface area contributed by atoms with Gasteiger partial charge in [0.1, 0.15) is 5.75 Å². The fourth-order valence-electron chi connectivity index (χ4n) is 1.96. The van der Waals surface area contributed by atoms with Gasteiger partial charge in [0.15, 0.2) is 0 Å².